The molecule has 1 aromatic heterocycles. The first-order valence-corrected chi connectivity index (χ1v) is 10.4. The number of rotatable bonds is 9. The van der Waals surface area contributed by atoms with Crippen LogP contribution >= 0.6 is 11.6 Å². The van der Waals surface area contributed by atoms with Gasteiger partial charge in [0, 0.05) is 22.8 Å². The lowest BCUT2D eigenvalue weighted by Gasteiger charge is -2.12. The first-order chi connectivity index (χ1) is 15.3. The number of benzene rings is 2. The zero-order valence-electron chi connectivity index (χ0n) is 18.0. The molecular weight excluding hydrogens is 440 g/mol. The summed E-state index contributed by atoms with van der Waals surface area (Å²) in [6.07, 6.45) is 0.644. The Bertz CT molecular complexity index is 1080. The summed E-state index contributed by atoms with van der Waals surface area (Å²) in [6, 6.07) is 12.1. The predicted octanol–water partition coefficient (Wildman–Crippen LogP) is 4.65. The van der Waals surface area contributed by atoms with E-state index in [1.54, 1.807) is 28.9 Å². The second kappa shape index (κ2) is 10.5. The maximum Gasteiger partial charge on any atom is 0.387 e. The third kappa shape index (κ3) is 5.76. The van der Waals surface area contributed by atoms with Gasteiger partial charge in [-0.3, -0.25) is 4.79 Å². The summed E-state index contributed by atoms with van der Waals surface area (Å²) in [5.41, 5.74) is 4.11. The molecule has 6 nitrogen and oxygen atoms in total. The van der Waals surface area contributed by atoms with Gasteiger partial charge in [-0.05, 0) is 62.2 Å². The van der Waals surface area contributed by atoms with E-state index in [9.17, 15) is 13.6 Å². The summed E-state index contributed by atoms with van der Waals surface area (Å²) in [7, 11) is 1.38. The molecule has 170 valence electrons. The number of methoxy groups -OCH3 is 1. The maximum absolute atomic E-state index is 12.6. The zero-order chi connectivity index (χ0) is 23.3. The molecule has 1 N–H and O–H groups in total. The Labute approximate surface area is 190 Å². The lowest BCUT2D eigenvalue weighted by atomic mass is 10.1. The van der Waals surface area contributed by atoms with Crippen LogP contribution in [0.25, 0.3) is 5.69 Å². The molecule has 0 aliphatic heterocycles. The van der Waals surface area contributed by atoms with E-state index in [2.05, 4.69) is 15.2 Å². The van der Waals surface area contributed by atoms with Crippen molar-refractivity contribution in [2.45, 2.75) is 33.3 Å². The van der Waals surface area contributed by atoms with Crippen molar-refractivity contribution in [3.8, 4) is 17.2 Å². The van der Waals surface area contributed by atoms with E-state index < -0.39 is 6.61 Å². The molecule has 0 fully saturated rings. The van der Waals surface area contributed by atoms with Gasteiger partial charge in [0.1, 0.15) is 0 Å². The van der Waals surface area contributed by atoms with Gasteiger partial charge in [-0.2, -0.15) is 13.9 Å². The predicted molar refractivity (Wildman–Crippen MR) is 118 cm³/mol. The van der Waals surface area contributed by atoms with Crippen LogP contribution in [0, 0.1) is 13.8 Å². The quantitative estimate of drug-likeness (QED) is 0.501. The molecule has 0 aliphatic carbocycles. The average molecular weight is 464 g/mol. The van der Waals surface area contributed by atoms with E-state index >= 15 is 0 Å². The Hall–Kier alpha value is -3.13. The molecule has 0 bridgehead atoms. The van der Waals surface area contributed by atoms with Gasteiger partial charge in [-0.1, -0.05) is 17.7 Å². The summed E-state index contributed by atoms with van der Waals surface area (Å²) < 4.78 is 36.5. The highest BCUT2D eigenvalue weighted by molar-refractivity contribution is 6.30. The molecule has 9 heteroatoms. The molecule has 1 heterocycles. The number of halogens is 3. The molecule has 3 rings (SSSR count). The van der Waals surface area contributed by atoms with Crippen molar-refractivity contribution < 1.29 is 23.0 Å². The van der Waals surface area contributed by atoms with Gasteiger partial charge < -0.3 is 14.8 Å². The monoisotopic (exact) mass is 463 g/mol. The van der Waals surface area contributed by atoms with Crippen LogP contribution in [0.5, 0.6) is 11.5 Å². The lowest BCUT2D eigenvalue weighted by Crippen LogP contribution is -2.27. The number of aromatic nitrogens is 2. The van der Waals surface area contributed by atoms with Crippen molar-refractivity contribution in [1.82, 2.24) is 15.1 Å². The van der Waals surface area contributed by atoms with Crippen molar-refractivity contribution >= 4 is 17.5 Å². The highest BCUT2D eigenvalue weighted by Gasteiger charge is 2.16. The van der Waals surface area contributed by atoms with Gasteiger partial charge in [0.25, 0.3) is 0 Å². The molecule has 2 aromatic carbocycles. The van der Waals surface area contributed by atoms with E-state index in [0.29, 0.717) is 18.0 Å². The first kappa shape index (κ1) is 23.5. The minimum Gasteiger partial charge on any atom is -0.493 e. The van der Waals surface area contributed by atoms with Gasteiger partial charge in [0.05, 0.1) is 24.9 Å². The second-order valence-electron chi connectivity index (χ2n) is 7.18. The fraction of sp³-hybridized carbons (Fsp3) is 0.304. The van der Waals surface area contributed by atoms with Gasteiger partial charge in [-0.15, -0.1) is 0 Å². The highest BCUT2D eigenvalue weighted by Crippen LogP contribution is 2.29. The Morgan fingerprint density at radius 3 is 2.53 bits per heavy atom. The number of alkyl halides is 2. The van der Waals surface area contributed by atoms with Crippen molar-refractivity contribution in [2.24, 2.45) is 0 Å². The number of hydrogen-bond acceptors (Lipinski definition) is 4. The lowest BCUT2D eigenvalue weighted by molar-refractivity contribution is -0.120. The normalized spacial score (nSPS) is 11.0. The Kier molecular flexibility index (Phi) is 7.69. The number of hydrogen-bond donors (Lipinski definition) is 1. The van der Waals surface area contributed by atoms with Crippen molar-refractivity contribution in [2.75, 3.05) is 13.7 Å². The largest absolute Gasteiger partial charge is 0.493 e. The fourth-order valence-corrected chi connectivity index (χ4v) is 3.52. The molecular formula is C23H24ClF2N3O3. The van der Waals surface area contributed by atoms with E-state index in [4.69, 9.17) is 16.3 Å². The third-order valence-corrected chi connectivity index (χ3v) is 5.28. The maximum atomic E-state index is 12.6. The van der Waals surface area contributed by atoms with Crippen LogP contribution in [-0.2, 0) is 17.6 Å². The SMILES string of the molecule is COc1ccc(CCNC(=O)Cc2c(C)nn(-c3ccc(Cl)cc3)c2C)cc1OC(F)F. The summed E-state index contributed by atoms with van der Waals surface area (Å²) >= 11 is 5.95. The molecule has 1 amide bonds. The first-order valence-electron chi connectivity index (χ1n) is 9.98. The smallest absolute Gasteiger partial charge is 0.387 e. The Morgan fingerprint density at radius 2 is 1.88 bits per heavy atom. The van der Waals surface area contributed by atoms with Crippen LogP contribution in [0.3, 0.4) is 0 Å². The van der Waals surface area contributed by atoms with Crippen LogP contribution in [0.2, 0.25) is 5.02 Å². The number of carbonyl (C=O) groups excluding carboxylic acids is 1. The standard InChI is InChI=1S/C23H24ClF2N3O3/c1-14-19(15(2)29(28-14)18-7-5-17(24)6-8-18)13-22(30)27-11-10-16-4-9-20(31-3)21(12-16)32-23(25)26/h4-9,12,23H,10-11,13H2,1-3H3,(H,27,30). The molecule has 32 heavy (non-hydrogen) atoms. The van der Waals surface area contributed by atoms with Crippen LogP contribution in [0.1, 0.15) is 22.5 Å². The number of aryl methyl sites for hydroxylation is 1. The van der Waals surface area contributed by atoms with Gasteiger partial charge in [0.15, 0.2) is 11.5 Å². The van der Waals surface area contributed by atoms with E-state index in [1.807, 2.05) is 26.0 Å². The molecule has 0 aliphatic rings. The summed E-state index contributed by atoms with van der Waals surface area (Å²) in [5.74, 6) is 0.0401. The van der Waals surface area contributed by atoms with Crippen LogP contribution in [0.4, 0.5) is 8.78 Å². The molecule has 0 unspecified atom stereocenters. The molecule has 3 aromatic rings. The minimum atomic E-state index is -2.95. The fourth-order valence-electron chi connectivity index (χ4n) is 3.40. The number of nitrogens with one attached hydrogen (secondary N) is 1. The van der Waals surface area contributed by atoms with Crippen LogP contribution in [0.15, 0.2) is 42.5 Å². The second-order valence-corrected chi connectivity index (χ2v) is 7.61. The van der Waals surface area contributed by atoms with E-state index in [-0.39, 0.29) is 23.8 Å². The van der Waals surface area contributed by atoms with Crippen molar-refractivity contribution in [3.05, 3.63) is 70.0 Å². The van der Waals surface area contributed by atoms with Crippen LogP contribution < -0.4 is 14.8 Å². The number of amides is 1. The summed E-state index contributed by atoms with van der Waals surface area (Å²) in [6.45, 7) is 1.19. The Morgan fingerprint density at radius 1 is 1.16 bits per heavy atom. The molecule has 0 radical (unpaired) electrons. The highest BCUT2D eigenvalue weighted by atomic mass is 35.5. The zero-order valence-corrected chi connectivity index (χ0v) is 18.7. The molecule has 0 atom stereocenters. The van der Waals surface area contributed by atoms with Crippen LogP contribution in [-0.4, -0.2) is 36.0 Å². The number of ether oxygens (including phenoxy) is 2. The van der Waals surface area contributed by atoms with Crippen molar-refractivity contribution in [1.29, 1.82) is 0 Å². The van der Waals surface area contributed by atoms with E-state index in [1.165, 1.54) is 13.2 Å². The molecule has 0 saturated heterocycles. The van der Waals surface area contributed by atoms with Crippen molar-refractivity contribution in [3.63, 3.8) is 0 Å². The average Bonchev–Trinajstić information content (AvgIpc) is 3.02. The minimum absolute atomic E-state index is 0.0350. The van der Waals surface area contributed by atoms with Gasteiger partial charge >= 0.3 is 6.61 Å². The van der Waals surface area contributed by atoms with Gasteiger partial charge in [0.2, 0.25) is 5.91 Å². The summed E-state index contributed by atoms with van der Waals surface area (Å²) in [5, 5.41) is 8.05. The third-order valence-electron chi connectivity index (χ3n) is 5.03. The molecule has 0 saturated carbocycles. The number of carbonyl (C=O) groups is 1. The molecule has 0 spiro atoms. The van der Waals surface area contributed by atoms with Gasteiger partial charge in [-0.25, -0.2) is 4.68 Å². The van der Waals surface area contributed by atoms with E-state index in [0.717, 1.165) is 28.2 Å². The number of nitrogens with zero attached hydrogens (tertiary/aromatic N) is 2. The topological polar surface area (TPSA) is 65.4 Å². The Balaban J connectivity index is 1.60. The summed E-state index contributed by atoms with van der Waals surface area (Å²) in [4.78, 5) is 12.5.